The van der Waals surface area contributed by atoms with Crippen LogP contribution in [0.5, 0.6) is 0 Å². The quantitative estimate of drug-likeness (QED) is 0.284. The molecule has 2 saturated heterocycles. The number of allylic oxidation sites excluding steroid dienone is 2. The third kappa shape index (κ3) is 4.07. The molecule has 0 amide bonds. The highest BCUT2D eigenvalue weighted by molar-refractivity contribution is 5.87. The second kappa shape index (κ2) is 9.62. The third-order valence-corrected chi connectivity index (χ3v) is 9.19. The number of rotatable bonds is 1. The van der Waals surface area contributed by atoms with Crippen molar-refractivity contribution in [3.05, 3.63) is 36.0 Å². The van der Waals surface area contributed by atoms with Gasteiger partial charge in [-0.25, -0.2) is 19.2 Å². The highest BCUT2D eigenvalue weighted by atomic mass is 16.6. The van der Waals surface area contributed by atoms with Crippen molar-refractivity contribution >= 4 is 23.9 Å². The van der Waals surface area contributed by atoms with Gasteiger partial charge in [0, 0.05) is 29.6 Å². The maximum atomic E-state index is 13.0. The van der Waals surface area contributed by atoms with Gasteiger partial charge >= 0.3 is 23.9 Å². The summed E-state index contributed by atoms with van der Waals surface area (Å²) in [6, 6.07) is 0. The molecule has 0 radical (unpaired) electrons. The molecule has 0 aromatic carbocycles. The first-order valence-electron chi connectivity index (χ1n) is 12.8. The number of hydrogen-bond donors (Lipinski definition) is 2. The van der Waals surface area contributed by atoms with Gasteiger partial charge in [0.1, 0.15) is 18.3 Å². The van der Waals surface area contributed by atoms with Crippen LogP contribution < -0.4 is 0 Å². The molecule has 2 N–H and O–H groups in total. The molecule has 2 spiro atoms. The number of epoxide rings is 1. The Morgan fingerprint density at radius 3 is 2.45 bits per heavy atom. The molecule has 2 aliphatic carbocycles. The van der Waals surface area contributed by atoms with E-state index < -0.39 is 70.6 Å². The molecule has 206 valence electrons. The van der Waals surface area contributed by atoms with Crippen molar-refractivity contribution in [2.45, 2.75) is 69.5 Å². The monoisotopic (exact) mass is 532 g/mol. The van der Waals surface area contributed by atoms with Crippen molar-refractivity contribution < 1.29 is 53.1 Å². The van der Waals surface area contributed by atoms with E-state index in [-0.39, 0.29) is 38.0 Å². The van der Waals surface area contributed by atoms with Crippen LogP contribution in [-0.4, -0.2) is 83.9 Å². The molecule has 3 heterocycles. The van der Waals surface area contributed by atoms with Crippen LogP contribution in [0.2, 0.25) is 0 Å². The van der Waals surface area contributed by atoms with Crippen molar-refractivity contribution in [1.82, 2.24) is 0 Å². The van der Waals surface area contributed by atoms with Crippen molar-refractivity contribution in [3.63, 3.8) is 0 Å². The molecule has 38 heavy (non-hydrogen) atoms. The summed E-state index contributed by atoms with van der Waals surface area (Å²) in [5, 5.41) is 20.3. The van der Waals surface area contributed by atoms with Crippen LogP contribution in [0.4, 0.5) is 0 Å². The number of ether oxygens (including phenoxy) is 5. The Labute approximate surface area is 219 Å². The SMILES string of the molecule is C[C@@H]1CCOC(=O)/C=C/C=C\C(=O)O[C@@H]2C[C@H]3O[C@@H]4C=C(C(=O)O)CC[C@]4(COC(=O)[C@H]1O)[C@]2(C)[C@]31CO1. The summed E-state index contributed by atoms with van der Waals surface area (Å²) in [7, 11) is 0. The molecule has 5 rings (SSSR count). The molecule has 0 aromatic heterocycles. The number of cyclic esters (lactones) is 2. The minimum atomic E-state index is -1.47. The molecule has 2 bridgehead atoms. The summed E-state index contributed by atoms with van der Waals surface area (Å²) in [6.07, 6.45) is 4.33. The number of esters is 3. The standard InChI is InChI=1S/C27H32O11/c1-15-8-10-34-20(28)5-3-4-6-21(29)38-17-12-19-27(14-36-27)25(17,2)26(13-35-24(33)22(15)30)9-7-16(23(31)32)11-18(26)37-19/h3-6,11,15,17-19,22,30H,7-10,12-14H2,1-2H3,(H,31,32)/b5-3+,6-4-/t15-,17-,18-,19-,22+,25-,26-,27+/m1/s1. The van der Waals surface area contributed by atoms with Crippen LogP contribution in [0.25, 0.3) is 0 Å². The molecule has 5 aliphatic rings. The van der Waals surface area contributed by atoms with Gasteiger partial charge in [-0.05, 0) is 31.3 Å². The first-order chi connectivity index (χ1) is 18.0. The van der Waals surface area contributed by atoms with Crippen molar-refractivity contribution in [2.24, 2.45) is 16.7 Å². The molecule has 11 heteroatoms. The Morgan fingerprint density at radius 2 is 1.76 bits per heavy atom. The molecule has 3 fully saturated rings. The van der Waals surface area contributed by atoms with E-state index in [1.807, 2.05) is 6.92 Å². The van der Waals surface area contributed by atoms with Crippen LogP contribution in [0, 0.1) is 16.7 Å². The van der Waals surface area contributed by atoms with Crippen LogP contribution >= 0.6 is 0 Å². The molecule has 1 saturated carbocycles. The molecule has 0 unspecified atom stereocenters. The van der Waals surface area contributed by atoms with Gasteiger partial charge in [0.05, 0.1) is 30.8 Å². The fourth-order valence-corrected chi connectivity index (χ4v) is 6.69. The minimum absolute atomic E-state index is 0.0238. The zero-order valence-electron chi connectivity index (χ0n) is 21.3. The average molecular weight is 533 g/mol. The lowest BCUT2D eigenvalue weighted by Crippen LogP contribution is -2.67. The molecule has 3 aliphatic heterocycles. The summed E-state index contributed by atoms with van der Waals surface area (Å²) < 4.78 is 29.2. The second-order valence-corrected chi connectivity index (χ2v) is 10.9. The highest BCUT2D eigenvalue weighted by Crippen LogP contribution is 2.72. The number of hydrogen-bond acceptors (Lipinski definition) is 10. The topological polar surface area (TPSA) is 158 Å². The number of carboxylic acid groups (broad SMARTS) is 1. The smallest absolute Gasteiger partial charge is 0.335 e. The summed E-state index contributed by atoms with van der Waals surface area (Å²) in [5.41, 5.74) is -2.45. The normalized spacial score (nSPS) is 44.9. The van der Waals surface area contributed by atoms with Gasteiger partial charge in [-0.15, -0.1) is 0 Å². The van der Waals surface area contributed by atoms with Crippen molar-refractivity contribution in [1.29, 1.82) is 0 Å². The van der Waals surface area contributed by atoms with Crippen LogP contribution in [-0.2, 0) is 42.9 Å². The lowest BCUT2D eigenvalue weighted by Gasteiger charge is -2.58. The summed E-state index contributed by atoms with van der Waals surface area (Å²) in [5.74, 6) is -3.72. The molecule has 11 nitrogen and oxygen atoms in total. The van der Waals surface area contributed by atoms with E-state index in [2.05, 4.69) is 0 Å². The van der Waals surface area contributed by atoms with E-state index in [1.165, 1.54) is 18.2 Å². The molecule has 8 atom stereocenters. The number of carbonyl (C=O) groups is 4. The van der Waals surface area contributed by atoms with E-state index >= 15 is 0 Å². The van der Waals surface area contributed by atoms with E-state index in [1.54, 1.807) is 13.0 Å². The number of aliphatic carboxylic acids is 1. The highest BCUT2D eigenvalue weighted by Gasteiger charge is 2.83. The number of carbonyl (C=O) groups excluding carboxylic acids is 3. The predicted octanol–water partition coefficient (Wildman–Crippen LogP) is 1.24. The minimum Gasteiger partial charge on any atom is -0.478 e. The fraction of sp³-hybridized carbons (Fsp3) is 0.630. The second-order valence-electron chi connectivity index (χ2n) is 10.9. The molecular weight excluding hydrogens is 500 g/mol. The lowest BCUT2D eigenvalue weighted by molar-refractivity contribution is -0.234. The fourth-order valence-electron chi connectivity index (χ4n) is 6.69. The predicted molar refractivity (Wildman–Crippen MR) is 127 cm³/mol. The maximum Gasteiger partial charge on any atom is 0.335 e. The Bertz CT molecular complexity index is 1120. The zero-order valence-corrected chi connectivity index (χ0v) is 21.3. The van der Waals surface area contributed by atoms with Gasteiger partial charge in [-0.1, -0.05) is 26.0 Å². The van der Waals surface area contributed by atoms with Gasteiger partial charge in [0.15, 0.2) is 6.10 Å². The Morgan fingerprint density at radius 1 is 1.05 bits per heavy atom. The van der Waals surface area contributed by atoms with Gasteiger partial charge in [-0.3, -0.25) is 0 Å². The van der Waals surface area contributed by atoms with Crippen LogP contribution in [0.15, 0.2) is 36.0 Å². The summed E-state index contributed by atoms with van der Waals surface area (Å²) >= 11 is 0. The van der Waals surface area contributed by atoms with E-state index in [0.717, 1.165) is 6.08 Å². The van der Waals surface area contributed by atoms with Crippen LogP contribution in [0.1, 0.15) is 39.5 Å². The lowest BCUT2D eigenvalue weighted by atomic mass is 9.51. The van der Waals surface area contributed by atoms with E-state index in [9.17, 15) is 29.4 Å². The first-order valence-corrected chi connectivity index (χ1v) is 12.8. The van der Waals surface area contributed by atoms with Gasteiger partial charge in [0.25, 0.3) is 0 Å². The maximum absolute atomic E-state index is 13.0. The largest absolute Gasteiger partial charge is 0.478 e. The van der Waals surface area contributed by atoms with Crippen LogP contribution in [0.3, 0.4) is 0 Å². The molecular formula is C27H32O11. The van der Waals surface area contributed by atoms with Crippen molar-refractivity contribution in [2.75, 3.05) is 19.8 Å². The van der Waals surface area contributed by atoms with Gasteiger partial charge in [0.2, 0.25) is 0 Å². The Hall–Kier alpha value is -3.02. The summed E-state index contributed by atoms with van der Waals surface area (Å²) in [6.45, 7) is 3.72. The Balaban J connectivity index is 1.54. The number of carboxylic acids is 1. The van der Waals surface area contributed by atoms with E-state index in [4.69, 9.17) is 23.7 Å². The number of aliphatic hydroxyl groups excluding tert-OH is 1. The van der Waals surface area contributed by atoms with Gasteiger partial charge in [-0.2, -0.15) is 0 Å². The van der Waals surface area contributed by atoms with Gasteiger partial charge < -0.3 is 33.9 Å². The number of aliphatic hydroxyl groups is 1. The third-order valence-electron chi connectivity index (χ3n) is 9.19. The zero-order chi connectivity index (χ0) is 27.3. The summed E-state index contributed by atoms with van der Waals surface area (Å²) in [4.78, 5) is 49.4. The van der Waals surface area contributed by atoms with Crippen molar-refractivity contribution in [3.8, 4) is 0 Å². The Kier molecular flexibility index (Phi) is 6.73. The molecule has 0 aromatic rings. The first kappa shape index (κ1) is 26.6. The van der Waals surface area contributed by atoms with E-state index in [0.29, 0.717) is 13.0 Å². The average Bonchev–Trinajstić information content (AvgIpc) is 3.66.